The van der Waals surface area contributed by atoms with Crippen LogP contribution in [0.15, 0.2) is 24.3 Å². The van der Waals surface area contributed by atoms with Gasteiger partial charge in [0.15, 0.2) is 16.6 Å². The first-order valence-electron chi connectivity index (χ1n) is 10.3. The molecule has 0 aliphatic carbocycles. The number of amides is 2. The van der Waals surface area contributed by atoms with Crippen LogP contribution in [0.4, 0.5) is 10.2 Å². The van der Waals surface area contributed by atoms with Crippen molar-refractivity contribution in [3.63, 3.8) is 0 Å². The number of aliphatic hydroxyl groups excluding tert-OH is 1. The number of aliphatic hydroxyl groups is 1. The van der Waals surface area contributed by atoms with Gasteiger partial charge in [0.25, 0.3) is 11.8 Å². The van der Waals surface area contributed by atoms with Gasteiger partial charge in [0, 0.05) is 31.6 Å². The number of carbonyl (C=O) groups excluding carboxylic acids is 2. The van der Waals surface area contributed by atoms with Gasteiger partial charge in [-0.1, -0.05) is 0 Å². The van der Waals surface area contributed by atoms with E-state index in [-0.39, 0.29) is 5.91 Å². The van der Waals surface area contributed by atoms with Gasteiger partial charge in [-0.2, -0.15) is 4.37 Å². The van der Waals surface area contributed by atoms with E-state index in [1.807, 2.05) is 11.5 Å². The molecule has 9 nitrogen and oxygen atoms in total. The number of hydrogen-bond acceptors (Lipinski definition) is 7. The highest BCUT2D eigenvalue weighted by Crippen LogP contribution is 2.39. The Labute approximate surface area is 187 Å². The highest BCUT2D eigenvalue weighted by Gasteiger charge is 2.40. The van der Waals surface area contributed by atoms with Crippen LogP contribution in [-0.2, 0) is 11.3 Å². The molecule has 1 fully saturated rings. The Bertz CT molecular complexity index is 1210. The van der Waals surface area contributed by atoms with E-state index < -0.39 is 23.9 Å². The van der Waals surface area contributed by atoms with Crippen LogP contribution in [0.1, 0.15) is 41.3 Å². The molecular formula is C21H21FN6O3S. The fraction of sp³-hybridized carbons (Fsp3) is 0.381. The van der Waals surface area contributed by atoms with Crippen LogP contribution < -0.4 is 4.90 Å². The third kappa shape index (κ3) is 3.28. The smallest absolute Gasteiger partial charge is 0.257 e. The molecule has 32 heavy (non-hydrogen) atoms. The lowest BCUT2D eigenvalue weighted by Gasteiger charge is -2.36. The van der Waals surface area contributed by atoms with Gasteiger partial charge in [0.2, 0.25) is 0 Å². The first kappa shape index (κ1) is 20.7. The van der Waals surface area contributed by atoms with Gasteiger partial charge in [-0.15, -0.1) is 0 Å². The summed E-state index contributed by atoms with van der Waals surface area (Å²) in [7, 11) is 0. The average molecular weight is 457 g/mol. The minimum absolute atomic E-state index is 0.225. The second-order valence-electron chi connectivity index (χ2n) is 7.92. The molecule has 4 heterocycles. The number of aryl methyl sites for hydroxylation is 1. The maximum absolute atomic E-state index is 13.3. The van der Waals surface area contributed by atoms with E-state index in [1.165, 1.54) is 40.7 Å². The molecule has 0 radical (unpaired) electrons. The van der Waals surface area contributed by atoms with Crippen molar-refractivity contribution in [1.82, 2.24) is 23.8 Å². The van der Waals surface area contributed by atoms with E-state index in [2.05, 4.69) is 9.36 Å². The minimum atomic E-state index is -1.06. The van der Waals surface area contributed by atoms with E-state index >= 15 is 0 Å². The fourth-order valence-corrected chi connectivity index (χ4v) is 4.97. The van der Waals surface area contributed by atoms with Crippen LogP contribution in [0.5, 0.6) is 0 Å². The van der Waals surface area contributed by atoms with Crippen molar-refractivity contribution in [3.8, 4) is 10.8 Å². The van der Waals surface area contributed by atoms with Crippen molar-refractivity contribution < 1.29 is 19.1 Å². The predicted molar refractivity (Wildman–Crippen MR) is 115 cm³/mol. The number of anilines is 1. The van der Waals surface area contributed by atoms with Crippen molar-refractivity contribution in [2.75, 3.05) is 18.0 Å². The second kappa shape index (κ2) is 7.75. The summed E-state index contributed by atoms with van der Waals surface area (Å²) in [6, 6.07) is 5.05. The molecule has 1 aromatic carbocycles. The van der Waals surface area contributed by atoms with Gasteiger partial charge in [0.05, 0.1) is 11.7 Å². The van der Waals surface area contributed by atoms with E-state index in [0.717, 1.165) is 0 Å². The summed E-state index contributed by atoms with van der Waals surface area (Å²) < 4.78 is 19.5. The van der Waals surface area contributed by atoms with Gasteiger partial charge >= 0.3 is 0 Å². The predicted octanol–water partition coefficient (Wildman–Crippen LogP) is 2.16. The summed E-state index contributed by atoms with van der Waals surface area (Å²) in [5.41, 5.74) is 1.09. The molecule has 2 aliphatic heterocycles. The van der Waals surface area contributed by atoms with Crippen molar-refractivity contribution in [1.29, 1.82) is 0 Å². The number of carbonyl (C=O) groups is 2. The first-order valence-corrected chi connectivity index (χ1v) is 11.1. The SMILES string of the molecule is Cc1nsc(-c2nc(N3CC[C@@H](O)C3=O)c3n2CCN(C(=O)c2ccc(F)cc2)[C@@H]3C)n1. The third-order valence-corrected chi connectivity index (χ3v) is 6.72. The van der Waals surface area contributed by atoms with Gasteiger partial charge in [0.1, 0.15) is 17.7 Å². The molecule has 0 unspecified atom stereocenters. The largest absolute Gasteiger partial charge is 0.383 e. The van der Waals surface area contributed by atoms with Crippen molar-refractivity contribution in [2.45, 2.75) is 39.0 Å². The topological polar surface area (TPSA) is 104 Å². The molecule has 1 N–H and O–H groups in total. The molecule has 2 aromatic heterocycles. The third-order valence-electron chi connectivity index (χ3n) is 5.92. The summed E-state index contributed by atoms with van der Waals surface area (Å²) in [4.78, 5) is 38.2. The number of aromatic nitrogens is 4. The number of benzene rings is 1. The van der Waals surface area contributed by atoms with Crippen LogP contribution in [0, 0.1) is 12.7 Å². The molecule has 0 spiro atoms. The van der Waals surface area contributed by atoms with E-state index in [1.54, 1.807) is 11.8 Å². The van der Waals surface area contributed by atoms with Gasteiger partial charge in [-0.3, -0.25) is 14.5 Å². The van der Waals surface area contributed by atoms with Crippen molar-refractivity contribution in [2.24, 2.45) is 0 Å². The fourth-order valence-electron chi connectivity index (χ4n) is 4.30. The monoisotopic (exact) mass is 456 g/mol. The van der Waals surface area contributed by atoms with Crippen LogP contribution in [0.2, 0.25) is 0 Å². The number of nitrogens with zero attached hydrogens (tertiary/aromatic N) is 6. The molecule has 0 bridgehead atoms. The molecule has 2 aliphatic rings. The number of imidazole rings is 1. The molecule has 2 atom stereocenters. The number of rotatable bonds is 3. The number of hydrogen-bond donors (Lipinski definition) is 1. The molecule has 1 saturated heterocycles. The molecule has 166 valence electrons. The summed E-state index contributed by atoms with van der Waals surface area (Å²) >= 11 is 1.23. The highest BCUT2D eigenvalue weighted by molar-refractivity contribution is 7.09. The second-order valence-corrected chi connectivity index (χ2v) is 8.67. The minimum Gasteiger partial charge on any atom is -0.383 e. The Kier molecular flexibility index (Phi) is 5.01. The Hall–Kier alpha value is -3.18. The van der Waals surface area contributed by atoms with Crippen molar-refractivity contribution >= 4 is 29.2 Å². The Morgan fingerprint density at radius 3 is 2.56 bits per heavy atom. The maximum Gasteiger partial charge on any atom is 0.257 e. The summed E-state index contributed by atoms with van der Waals surface area (Å²) in [6.07, 6.45) is -0.735. The molecule has 0 saturated carbocycles. The summed E-state index contributed by atoms with van der Waals surface area (Å²) in [5.74, 6) is 0.622. The Morgan fingerprint density at radius 2 is 1.94 bits per heavy atom. The van der Waals surface area contributed by atoms with E-state index in [4.69, 9.17) is 4.98 Å². The lowest BCUT2D eigenvalue weighted by Crippen LogP contribution is -2.42. The van der Waals surface area contributed by atoms with Crippen LogP contribution in [-0.4, -0.2) is 59.9 Å². The van der Waals surface area contributed by atoms with Gasteiger partial charge in [-0.05, 0) is 49.6 Å². The van der Waals surface area contributed by atoms with Crippen LogP contribution >= 0.6 is 11.5 Å². The van der Waals surface area contributed by atoms with E-state index in [0.29, 0.717) is 59.8 Å². The van der Waals surface area contributed by atoms with E-state index in [9.17, 15) is 19.1 Å². The van der Waals surface area contributed by atoms with Crippen LogP contribution in [0.25, 0.3) is 10.8 Å². The zero-order valence-electron chi connectivity index (χ0n) is 17.5. The highest BCUT2D eigenvalue weighted by atomic mass is 32.1. The quantitative estimate of drug-likeness (QED) is 0.648. The lowest BCUT2D eigenvalue weighted by molar-refractivity contribution is -0.124. The zero-order valence-corrected chi connectivity index (χ0v) is 18.3. The normalized spacial score (nSPS) is 20.7. The molecular weight excluding hydrogens is 435 g/mol. The average Bonchev–Trinajstić information content (AvgIpc) is 3.46. The molecule has 11 heteroatoms. The number of fused-ring (bicyclic) bond motifs is 1. The standard InChI is InChI=1S/C21H21FN6O3S/c1-11-16-17(28-8-7-15(29)21(28)31)24-18(19-23-12(2)25-32-19)27(16)10-9-26(11)20(30)13-3-5-14(22)6-4-13/h3-6,11,15,29H,7-10H2,1-2H3/t11-,15-/m1/s1. The zero-order chi connectivity index (χ0) is 22.6. The molecule has 5 rings (SSSR count). The lowest BCUT2D eigenvalue weighted by atomic mass is 10.1. The van der Waals surface area contributed by atoms with Gasteiger partial charge < -0.3 is 14.6 Å². The van der Waals surface area contributed by atoms with Crippen LogP contribution in [0.3, 0.4) is 0 Å². The Balaban J connectivity index is 1.58. The molecule has 3 aromatic rings. The van der Waals surface area contributed by atoms with Gasteiger partial charge in [-0.25, -0.2) is 14.4 Å². The maximum atomic E-state index is 13.3. The molecule has 2 amide bonds. The summed E-state index contributed by atoms with van der Waals surface area (Å²) in [5, 5.41) is 10.6. The van der Waals surface area contributed by atoms with Crippen molar-refractivity contribution in [3.05, 3.63) is 47.2 Å². The first-order chi connectivity index (χ1) is 15.3. The summed E-state index contributed by atoms with van der Waals surface area (Å²) in [6.45, 7) is 4.90. The Morgan fingerprint density at radius 1 is 1.19 bits per heavy atom. The number of halogens is 1.